The summed E-state index contributed by atoms with van der Waals surface area (Å²) in [5.74, 6) is -1.14. The molecular weight excluding hydrogens is 342 g/mol. The number of nitrogens with one attached hydrogen (secondary N) is 3. The first kappa shape index (κ1) is 19.9. The molecule has 27 heavy (non-hydrogen) atoms. The van der Waals surface area contributed by atoms with E-state index < -0.39 is 11.8 Å². The molecule has 2 aromatic rings. The van der Waals surface area contributed by atoms with E-state index in [0.29, 0.717) is 0 Å². The third-order valence-corrected chi connectivity index (χ3v) is 3.80. The largest absolute Gasteiger partial charge is 0.326 e. The van der Waals surface area contributed by atoms with E-state index in [2.05, 4.69) is 16.2 Å². The van der Waals surface area contributed by atoms with Gasteiger partial charge in [-0.15, -0.1) is 0 Å². The lowest BCUT2D eigenvalue weighted by atomic mass is 10.1. The molecular formula is C21H23N3O3. The van der Waals surface area contributed by atoms with E-state index in [1.165, 1.54) is 6.08 Å². The first-order valence-corrected chi connectivity index (χ1v) is 8.63. The van der Waals surface area contributed by atoms with Gasteiger partial charge in [0, 0.05) is 24.6 Å². The molecule has 0 spiro atoms. The summed E-state index contributed by atoms with van der Waals surface area (Å²) < 4.78 is 0. The summed E-state index contributed by atoms with van der Waals surface area (Å²) in [7, 11) is 0. The van der Waals surface area contributed by atoms with E-state index in [1.54, 1.807) is 6.08 Å². The van der Waals surface area contributed by atoms with E-state index >= 15 is 0 Å². The van der Waals surface area contributed by atoms with Gasteiger partial charge >= 0.3 is 0 Å². The molecule has 0 saturated carbocycles. The highest BCUT2D eigenvalue weighted by molar-refractivity contribution is 5.95. The SMILES string of the molecule is Cc1ccc(C)c(NC(=O)CCC(=O)NNC(=O)C=Cc2ccccc2)c1. The molecule has 2 rings (SSSR count). The second-order valence-electron chi connectivity index (χ2n) is 6.15. The van der Waals surface area contributed by atoms with Gasteiger partial charge in [0.25, 0.3) is 5.91 Å². The quantitative estimate of drug-likeness (QED) is 0.543. The van der Waals surface area contributed by atoms with Gasteiger partial charge < -0.3 is 5.32 Å². The highest BCUT2D eigenvalue weighted by Gasteiger charge is 2.09. The molecule has 0 aliphatic carbocycles. The van der Waals surface area contributed by atoms with E-state index in [1.807, 2.05) is 62.4 Å². The maximum atomic E-state index is 12.0. The van der Waals surface area contributed by atoms with Crippen LogP contribution < -0.4 is 16.2 Å². The van der Waals surface area contributed by atoms with Crippen LogP contribution in [0.25, 0.3) is 6.08 Å². The number of hydrazine groups is 1. The van der Waals surface area contributed by atoms with Crippen LogP contribution >= 0.6 is 0 Å². The van der Waals surface area contributed by atoms with Crippen LogP contribution in [0.2, 0.25) is 0 Å². The fraction of sp³-hybridized carbons (Fsp3) is 0.190. The normalized spacial score (nSPS) is 10.4. The molecule has 6 nitrogen and oxygen atoms in total. The van der Waals surface area contributed by atoms with Gasteiger partial charge in [0.15, 0.2) is 0 Å². The standard InChI is InChI=1S/C21H23N3O3/c1-15-8-9-16(2)18(14-15)22-19(25)12-13-21(27)24-23-20(26)11-10-17-6-4-3-5-7-17/h3-11,14H,12-13H2,1-2H3,(H,22,25)(H,23,26)(H,24,27). The van der Waals surface area contributed by atoms with Gasteiger partial charge in [-0.3, -0.25) is 25.2 Å². The number of benzene rings is 2. The van der Waals surface area contributed by atoms with Gasteiger partial charge in [0.1, 0.15) is 0 Å². The monoisotopic (exact) mass is 365 g/mol. The molecule has 0 aliphatic heterocycles. The van der Waals surface area contributed by atoms with Crippen molar-refractivity contribution in [3.05, 3.63) is 71.3 Å². The molecule has 6 heteroatoms. The van der Waals surface area contributed by atoms with Gasteiger partial charge in [-0.25, -0.2) is 0 Å². The van der Waals surface area contributed by atoms with Gasteiger partial charge in [-0.1, -0.05) is 42.5 Å². The predicted octanol–water partition coefficient (Wildman–Crippen LogP) is 2.88. The van der Waals surface area contributed by atoms with Crippen LogP contribution in [-0.2, 0) is 14.4 Å². The number of hydrogen-bond acceptors (Lipinski definition) is 3. The van der Waals surface area contributed by atoms with Crippen LogP contribution in [0.5, 0.6) is 0 Å². The summed E-state index contributed by atoms with van der Waals surface area (Å²) in [5.41, 5.74) is 8.18. The molecule has 0 aromatic heterocycles. The smallest absolute Gasteiger partial charge is 0.262 e. The van der Waals surface area contributed by atoms with E-state index in [9.17, 15) is 14.4 Å². The Bertz CT molecular complexity index is 845. The number of amides is 3. The van der Waals surface area contributed by atoms with E-state index in [0.717, 1.165) is 22.4 Å². The number of carbonyl (C=O) groups is 3. The maximum Gasteiger partial charge on any atom is 0.262 e. The van der Waals surface area contributed by atoms with Crippen molar-refractivity contribution in [1.82, 2.24) is 10.9 Å². The minimum atomic E-state index is -0.452. The lowest BCUT2D eigenvalue weighted by molar-refractivity contribution is -0.128. The Hall–Kier alpha value is -3.41. The summed E-state index contributed by atoms with van der Waals surface area (Å²) in [5, 5.41) is 2.79. The highest BCUT2D eigenvalue weighted by atomic mass is 16.2. The molecule has 3 amide bonds. The Morgan fingerprint density at radius 1 is 0.889 bits per heavy atom. The first-order chi connectivity index (χ1) is 12.9. The zero-order valence-electron chi connectivity index (χ0n) is 15.4. The molecule has 0 fully saturated rings. The molecule has 140 valence electrons. The van der Waals surface area contributed by atoms with Crippen LogP contribution in [0.1, 0.15) is 29.5 Å². The Balaban J connectivity index is 1.71. The number of anilines is 1. The number of carbonyl (C=O) groups excluding carboxylic acids is 3. The van der Waals surface area contributed by atoms with E-state index in [-0.39, 0.29) is 18.7 Å². The summed E-state index contributed by atoms with van der Waals surface area (Å²) in [6.45, 7) is 3.84. The summed E-state index contributed by atoms with van der Waals surface area (Å²) in [6.07, 6.45) is 2.95. The van der Waals surface area contributed by atoms with Gasteiger partial charge in [-0.2, -0.15) is 0 Å². The lowest BCUT2D eigenvalue weighted by Gasteiger charge is -2.09. The third kappa shape index (κ3) is 7.15. The van der Waals surface area contributed by atoms with E-state index in [4.69, 9.17) is 0 Å². The second kappa shape index (κ2) is 9.91. The Kier molecular flexibility index (Phi) is 7.31. The fourth-order valence-corrected chi connectivity index (χ4v) is 2.28. The van der Waals surface area contributed by atoms with Crippen molar-refractivity contribution >= 4 is 29.5 Å². The summed E-state index contributed by atoms with van der Waals surface area (Å²) in [4.78, 5) is 35.4. The fourth-order valence-electron chi connectivity index (χ4n) is 2.28. The Labute approximate surface area is 158 Å². The van der Waals surface area contributed by atoms with Gasteiger partial charge in [0.2, 0.25) is 11.8 Å². The minimum absolute atomic E-state index is 0.0228. The van der Waals surface area contributed by atoms with Crippen LogP contribution in [0, 0.1) is 13.8 Å². The summed E-state index contributed by atoms with van der Waals surface area (Å²) in [6, 6.07) is 15.1. The minimum Gasteiger partial charge on any atom is -0.326 e. The van der Waals surface area contributed by atoms with Crippen LogP contribution in [0.4, 0.5) is 5.69 Å². The number of rotatable bonds is 6. The van der Waals surface area contributed by atoms with Crippen LogP contribution in [0.3, 0.4) is 0 Å². The topological polar surface area (TPSA) is 87.3 Å². The van der Waals surface area contributed by atoms with Crippen LogP contribution in [0.15, 0.2) is 54.6 Å². The molecule has 0 saturated heterocycles. The van der Waals surface area contributed by atoms with Crippen LogP contribution in [-0.4, -0.2) is 17.7 Å². The first-order valence-electron chi connectivity index (χ1n) is 8.63. The van der Waals surface area contributed by atoms with Crippen molar-refractivity contribution < 1.29 is 14.4 Å². The predicted molar refractivity (Wildman–Crippen MR) is 106 cm³/mol. The van der Waals surface area contributed by atoms with Crippen molar-refractivity contribution in [2.75, 3.05) is 5.32 Å². The molecule has 0 radical (unpaired) electrons. The average Bonchev–Trinajstić information content (AvgIpc) is 2.66. The number of aryl methyl sites for hydroxylation is 2. The van der Waals surface area contributed by atoms with Crippen molar-refractivity contribution in [2.45, 2.75) is 26.7 Å². The van der Waals surface area contributed by atoms with Crippen molar-refractivity contribution in [3.63, 3.8) is 0 Å². The van der Waals surface area contributed by atoms with Gasteiger partial charge in [0.05, 0.1) is 0 Å². The molecule has 2 aromatic carbocycles. The lowest BCUT2D eigenvalue weighted by Crippen LogP contribution is -2.41. The Morgan fingerprint density at radius 3 is 2.33 bits per heavy atom. The molecule has 3 N–H and O–H groups in total. The zero-order valence-corrected chi connectivity index (χ0v) is 15.4. The second-order valence-corrected chi connectivity index (χ2v) is 6.15. The summed E-state index contributed by atoms with van der Waals surface area (Å²) >= 11 is 0. The van der Waals surface area contributed by atoms with Crippen molar-refractivity contribution in [2.24, 2.45) is 0 Å². The molecule has 0 unspecified atom stereocenters. The van der Waals surface area contributed by atoms with Crippen molar-refractivity contribution in [3.8, 4) is 0 Å². The molecule has 0 bridgehead atoms. The Morgan fingerprint density at radius 2 is 1.59 bits per heavy atom. The average molecular weight is 365 g/mol. The zero-order chi connectivity index (χ0) is 19.6. The molecule has 0 aliphatic rings. The number of hydrogen-bond donors (Lipinski definition) is 3. The highest BCUT2D eigenvalue weighted by Crippen LogP contribution is 2.16. The van der Waals surface area contributed by atoms with Gasteiger partial charge in [-0.05, 0) is 42.7 Å². The third-order valence-electron chi connectivity index (χ3n) is 3.80. The molecule has 0 heterocycles. The maximum absolute atomic E-state index is 12.0. The van der Waals surface area contributed by atoms with Crippen molar-refractivity contribution in [1.29, 1.82) is 0 Å². The molecule has 0 atom stereocenters.